The summed E-state index contributed by atoms with van der Waals surface area (Å²) in [5.74, 6) is -0.550. The van der Waals surface area contributed by atoms with Gasteiger partial charge in [-0.15, -0.1) is 0 Å². The highest BCUT2D eigenvalue weighted by molar-refractivity contribution is 6.30. The van der Waals surface area contributed by atoms with Gasteiger partial charge in [0, 0.05) is 11.3 Å². The van der Waals surface area contributed by atoms with E-state index in [1.165, 1.54) is 6.07 Å². The molecule has 27 heavy (non-hydrogen) atoms. The lowest BCUT2D eigenvalue weighted by atomic mass is 10.2. The zero-order valence-electron chi connectivity index (χ0n) is 14.5. The first-order valence-corrected chi connectivity index (χ1v) is 8.46. The van der Waals surface area contributed by atoms with Crippen LogP contribution in [0.15, 0.2) is 54.6 Å². The number of amides is 2. The van der Waals surface area contributed by atoms with Gasteiger partial charge in [-0.05, 0) is 37.3 Å². The predicted molar refractivity (Wildman–Crippen MR) is 102 cm³/mol. The number of nitrogens with one attached hydrogen (secondary N) is 1. The lowest BCUT2D eigenvalue weighted by molar-refractivity contribution is 0.0472. The molecular weight excluding hydrogens is 368 g/mol. The summed E-state index contributed by atoms with van der Waals surface area (Å²) in [6.45, 7) is 1.77. The van der Waals surface area contributed by atoms with Crippen molar-refractivity contribution in [2.75, 3.05) is 5.32 Å². The van der Waals surface area contributed by atoms with Crippen molar-refractivity contribution < 1.29 is 14.3 Å². The highest BCUT2D eigenvalue weighted by Crippen LogP contribution is 2.24. The number of urea groups is 1. The van der Waals surface area contributed by atoms with Crippen LogP contribution in [-0.2, 0) is 11.3 Å². The van der Waals surface area contributed by atoms with Gasteiger partial charge in [0.2, 0.25) is 0 Å². The van der Waals surface area contributed by atoms with E-state index in [0.717, 1.165) is 5.69 Å². The van der Waals surface area contributed by atoms with Crippen molar-refractivity contribution in [2.24, 2.45) is 5.73 Å². The van der Waals surface area contributed by atoms with Crippen molar-refractivity contribution in [3.05, 3.63) is 76.6 Å². The summed E-state index contributed by atoms with van der Waals surface area (Å²) in [4.78, 5) is 23.2. The van der Waals surface area contributed by atoms with E-state index >= 15 is 0 Å². The number of carbonyl (C=O) groups excluding carboxylic acids is 2. The van der Waals surface area contributed by atoms with Gasteiger partial charge < -0.3 is 15.8 Å². The Morgan fingerprint density at radius 2 is 1.93 bits per heavy atom. The van der Waals surface area contributed by atoms with Gasteiger partial charge in [-0.2, -0.15) is 5.10 Å². The second-order valence-electron chi connectivity index (χ2n) is 5.75. The standard InChI is InChI=1S/C19H17ClN4O3/c1-12-16(17(20)24(23-12)15-8-3-2-4-9-15)11-27-18(25)13-6-5-7-14(10-13)22-19(21)26/h2-10H,11H2,1H3,(H3,21,22,26). The van der Waals surface area contributed by atoms with Crippen molar-refractivity contribution in [3.63, 3.8) is 0 Å². The molecule has 8 heteroatoms. The Kier molecular flexibility index (Phi) is 5.42. The maximum absolute atomic E-state index is 12.3. The van der Waals surface area contributed by atoms with E-state index in [4.69, 9.17) is 22.1 Å². The summed E-state index contributed by atoms with van der Waals surface area (Å²) in [6.07, 6.45) is 0. The molecule has 0 unspecified atom stereocenters. The SMILES string of the molecule is Cc1nn(-c2ccccc2)c(Cl)c1COC(=O)c1cccc(NC(N)=O)c1. The average molecular weight is 385 g/mol. The van der Waals surface area contributed by atoms with Crippen molar-refractivity contribution >= 4 is 29.3 Å². The first-order chi connectivity index (χ1) is 13.0. The number of aryl methyl sites for hydroxylation is 1. The molecule has 1 heterocycles. The third kappa shape index (κ3) is 4.27. The second kappa shape index (κ2) is 7.92. The fraction of sp³-hybridized carbons (Fsp3) is 0.105. The van der Waals surface area contributed by atoms with E-state index < -0.39 is 12.0 Å². The number of para-hydroxylation sites is 1. The van der Waals surface area contributed by atoms with E-state index in [0.29, 0.717) is 22.1 Å². The van der Waals surface area contributed by atoms with E-state index in [2.05, 4.69) is 10.4 Å². The molecule has 2 amide bonds. The van der Waals surface area contributed by atoms with Crippen LogP contribution in [0, 0.1) is 6.92 Å². The van der Waals surface area contributed by atoms with Crippen LogP contribution < -0.4 is 11.1 Å². The minimum Gasteiger partial charge on any atom is -0.457 e. The predicted octanol–water partition coefficient (Wildman–Crippen LogP) is 3.68. The highest BCUT2D eigenvalue weighted by atomic mass is 35.5. The summed E-state index contributed by atoms with van der Waals surface area (Å²) >= 11 is 6.42. The number of halogens is 1. The number of carbonyl (C=O) groups is 2. The van der Waals surface area contributed by atoms with Gasteiger partial charge in [0.1, 0.15) is 11.8 Å². The Bertz CT molecular complexity index is 986. The number of hydrogen-bond donors (Lipinski definition) is 2. The number of aromatic nitrogens is 2. The fourth-order valence-corrected chi connectivity index (χ4v) is 2.85. The first kappa shape index (κ1) is 18.5. The maximum Gasteiger partial charge on any atom is 0.338 e. The van der Waals surface area contributed by atoms with Crippen LogP contribution in [0.1, 0.15) is 21.6 Å². The van der Waals surface area contributed by atoms with Crippen LogP contribution in [-0.4, -0.2) is 21.8 Å². The minimum absolute atomic E-state index is 0.0240. The number of benzene rings is 2. The monoisotopic (exact) mass is 384 g/mol. The van der Waals surface area contributed by atoms with Crippen LogP contribution in [0.5, 0.6) is 0 Å². The molecule has 0 spiro atoms. The molecule has 7 nitrogen and oxygen atoms in total. The molecule has 0 aliphatic carbocycles. The lowest BCUT2D eigenvalue weighted by Gasteiger charge is -2.07. The van der Waals surface area contributed by atoms with Crippen molar-refractivity contribution in [1.82, 2.24) is 9.78 Å². The van der Waals surface area contributed by atoms with Gasteiger partial charge in [0.15, 0.2) is 0 Å². The Labute approximate surface area is 160 Å². The quantitative estimate of drug-likeness (QED) is 0.655. The largest absolute Gasteiger partial charge is 0.457 e. The summed E-state index contributed by atoms with van der Waals surface area (Å²) in [5, 5.41) is 7.20. The van der Waals surface area contributed by atoms with E-state index in [-0.39, 0.29) is 12.2 Å². The van der Waals surface area contributed by atoms with Gasteiger partial charge >= 0.3 is 12.0 Å². The topological polar surface area (TPSA) is 99.2 Å². The number of primary amides is 1. The number of esters is 1. The third-order valence-corrected chi connectivity index (χ3v) is 4.22. The number of anilines is 1. The summed E-state index contributed by atoms with van der Waals surface area (Å²) in [5.41, 5.74) is 7.87. The molecule has 1 aromatic heterocycles. The zero-order valence-corrected chi connectivity index (χ0v) is 15.2. The molecule has 0 atom stereocenters. The van der Waals surface area contributed by atoms with Crippen LogP contribution in [0.3, 0.4) is 0 Å². The summed E-state index contributed by atoms with van der Waals surface area (Å²) in [7, 11) is 0. The Hall–Kier alpha value is -3.32. The molecule has 0 aliphatic rings. The number of nitrogens with zero attached hydrogens (tertiary/aromatic N) is 2. The van der Waals surface area contributed by atoms with E-state index in [9.17, 15) is 9.59 Å². The van der Waals surface area contributed by atoms with Gasteiger partial charge in [-0.1, -0.05) is 35.9 Å². The molecule has 3 aromatic rings. The van der Waals surface area contributed by atoms with Crippen LogP contribution in [0.25, 0.3) is 5.69 Å². The smallest absolute Gasteiger partial charge is 0.338 e. The lowest BCUT2D eigenvalue weighted by Crippen LogP contribution is -2.19. The van der Waals surface area contributed by atoms with Crippen molar-refractivity contribution in [3.8, 4) is 5.69 Å². The van der Waals surface area contributed by atoms with Gasteiger partial charge in [0.05, 0.1) is 16.9 Å². The normalized spacial score (nSPS) is 10.4. The fourth-order valence-electron chi connectivity index (χ4n) is 2.52. The second-order valence-corrected chi connectivity index (χ2v) is 6.11. The zero-order chi connectivity index (χ0) is 19.4. The Morgan fingerprint density at radius 3 is 2.63 bits per heavy atom. The first-order valence-electron chi connectivity index (χ1n) is 8.09. The molecule has 3 N–H and O–H groups in total. The molecule has 0 radical (unpaired) electrons. The van der Waals surface area contributed by atoms with Gasteiger partial charge in [-0.25, -0.2) is 14.3 Å². The summed E-state index contributed by atoms with van der Waals surface area (Å²) in [6, 6.07) is 15.0. The van der Waals surface area contributed by atoms with E-state index in [1.807, 2.05) is 30.3 Å². The van der Waals surface area contributed by atoms with Crippen LogP contribution >= 0.6 is 11.6 Å². The highest BCUT2D eigenvalue weighted by Gasteiger charge is 2.17. The van der Waals surface area contributed by atoms with Gasteiger partial charge in [0.25, 0.3) is 0 Å². The van der Waals surface area contributed by atoms with Crippen LogP contribution in [0.2, 0.25) is 5.15 Å². The van der Waals surface area contributed by atoms with Crippen molar-refractivity contribution in [1.29, 1.82) is 0 Å². The van der Waals surface area contributed by atoms with Crippen LogP contribution in [0.4, 0.5) is 10.5 Å². The third-order valence-electron chi connectivity index (χ3n) is 3.84. The molecule has 0 bridgehead atoms. The Balaban J connectivity index is 1.75. The minimum atomic E-state index is -0.712. The molecule has 0 aliphatic heterocycles. The molecular formula is C19H17ClN4O3. The molecule has 0 fully saturated rings. The number of nitrogens with two attached hydrogens (primary N) is 1. The van der Waals surface area contributed by atoms with Gasteiger partial charge in [-0.3, -0.25) is 0 Å². The molecule has 138 valence electrons. The number of ether oxygens (including phenoxy) is 1. The number of hydrogen-bond acceptors (Lipinski definition) is 4. The molecule has 0 saturated carbocycles. The number of rotatable bonds is 5. The van der Waals surface area contributed by atoms with E-state index in [1.54, 1.807) is 29.8 Å². The van der Waals surface area contributed by atoms with Crippen molar-refractivity contribution in [2.45, 2.75) is 13.5 Å². The Morgan fingerprint density at radius 1 is 1.19 bits per heavy atom. The molecule has 3 rings (SSSR count). The average Bonchev–Trinajstić information content (AvgIpc) is 2.94. The maximum atomic E-state index is 12.3. The molecule has 0 saturated heterocycles. The molecule has 2 aromatic carbocycles. The summed E-state index contributed by atoms with van der Waals surface area (Å²) < 4.78 is 6.96.